The minimum Gasteiger partial charge on any atom is -0.490 e. The molecular weight excluding hydrogens is 418 g/mol. The number of benzene rings is 2. The number of carbonyl (C=O) groups is 1. The average molecular weight is 448 g/mol. The van der Waals surface area contributed by atoms with Crippen LogP contribution in [0.5, 0.6) is 5.75 Å². The van der Waals surface area contributed by atoms with E-state index in [9.17, 15) is 4.79 Å². The van der Waals surface area contributed by atoms with Gasteiger partial charge in [0.2, 0.25) is 0 Å². The highest BCUT2D eigenvalue weighted by atomic mass is 32.2. The Morgan fingerprint density at radius 1 is 1.06 bits per heavy atom. The third-order valence-electron chi connectivity index (χ3n) is 5.55. The Labute approximate surface area is 194 Å². The summed E-state index contributed by atoms with van der Waals surface area (Å²) in [4.78, 5) is 22.5. The normalized spacial score (nSPS) is 19.1. The van der Waals surface area contributed by atoms with E-state index < -0.39 is 0 Å². The largest absolute Gasteiger partial charge is 0.490 e. The van der Waals surface area contributed by atoms with Gasteiger partial charge in [0, 0.05) is 25.3 Å². The van der Waals surface area contributed by atoms with Crippen molar-refractivity contribution in [2.24, 2.45) is 4.99 Å². The van der Waals surface area contributed by atoms with Gasteiger partial charge in [-0.1, -0.05) is 24.8 Å². The molecule has 0 aromatic heterocycles. The molecule has 2 aliphatic rings. The van der Waals surface area contributed by atoms with Crippen LogP contribution in [-0.2, 0) is 4.79 Å². The van der Waals surface area contributed by atoms with Gasteiger partial charge in [0.1, 0.15) is 12.4 Å². The van der Waals surface area contributed by atoms with Crippen LogP contribution >= 0.6 is 11.8 Å². The summed E-state index contributed by atoms with van der Waals surface area (Å²) in [5.41, 5.74) is 3.07. The Bertz CT molecular complexity index is 1010. The second-order valence-electron chi connectivity index (χ2n) is 7.79. The maximum absolute atomic E-state index is 12.9. The molecule has 0 radical (unpaired) electrons. The fourth-order valence-electron chi connectivity index (χ4n) is 3.84. The van der Waals surface area contributed by atoms with Crippen molar-refractivity contribution in [1.29, 1.82) is 0 Å². The Kier molecular flexibility index (Phi) is 7.32. The van der Waals surface area contributed by atoms with Crippen molar-refractivity contribution in [3.63, 3.8) is 0 Å². The van der Waals surface area contributed by atoms with Gasteiger partial charge >= 0.3 is 0 Å². The first-order chi connectivity index (χ1) is 15.7. The minimum absolute atomic E-state index is 0.00632. The number of aliphatic imine (C=N–C) groups is 1. The lowest BCUT2D eigenvalue weighted by atomic mass is 10.1. The van der Waals surface area contributed by atoms with Crippen molar-refractivity contribution in [2.75, 3.05) is 31.1 Å². The molecule has 0 saturated carbocycles. The fourth-order valence-corrected chi connectivity index (χ4v) is 4.90. The Morgan fingerprint density at radius 3 is 2.44 bits per heavy atom. The number of ether oxygens (including phenoxy) is 1. The monoisotopic (exact) mass is 447 g/mol. The van der Waals surface area contributed by atoms with Crippen LogP contribution < -0.4 is 9.64 Å². The molecule has 5 nitrogen and oxygen atoms in total. The maximum atomic E-state index is 12.9. The third kappa shape index (κ3) is 5.25. The molecule has 0 atom stereocenters. The van der Waals surface area contributed by atoms with E-state index in [1.54, 1.807) is 11.0 Å². The van der Waals surface area contributed by atoms with Gasteiger partial charge in [-0.3, -0.25) is 9.69 Å². The predicted octanol–water partition coefficient (Wildman–Crippen LogP) is 5.87. The van der Waals surface area contributed by atoms with Crippen molar-refractivity contribution in [2.45, 2.75) is 26.2 Å². The highest BCUT2D eigenvalue weighted by Crippen LogP contribution is 2.34. The van der Waals surface area contributed by atoms with E-state index in [4.69, 9.17) is 9.73 Å². The second kappa shape index (κ2) is 10.6. The Balaban J connectivity index is 1.49. The molecule has 2 saturated heterocycles. The number of hydrogen-bond donors (Lipinski definition) is 0. The van der Waals surface area contributed by atoms with Crippen LogP contribution in [0.25, 0.3) is 6.08 Å². The topological polar surface area (TPSA) is 45.1 Å². The van der Waals surface area contributed by atoms with E-state index in [1.807, 2.05) is 49.4 Å². The lowest BCUT2D eigenvalue weighted by Gasteiger charge is -2.28. The zero-order valence-corrected chi connectivity index (χ0v) is 19.3. The Morgan fingerprint density at radius 2 is 1.78 bits per heavy atom. The SMILES string of the molecule is C=CCOc1ccc(/C=C2\SC(=Nc3ccc(N4CCCCC4)cc3)N(CC)C2=O)cc1. The zero-order valence-electron chi connectivity index (χ0n) is 18.5. The molecular formula is C26H29N3O2S. The summed E-state index contributed by atoms with van der Waals surface area (Å²) in [7, 11) is 0. The van der Waals surface area contributed by atoms with E-state index >= 15 is 0 Å². The lowest BCUT2D eigenvalue weighted by molar-refractivity contribution is -0.122. The summed E-state index contributed by atoms with van der Waals surface area (Å²) in [5, 5.41) is 0.723. The van der Waals surface area contributed by atoms with Gasteiger partial charge in [-0.15, -0.1) is 0 Å². The molecule has 2 aromatic rings. The molecule has 32 heavy (non-hydrogen) atoms. The molecule has 6 heteroatoms. The van der Waals surface area contributed by atoms with E-state index in [1.165, 1.54) is 36.7 Å². The number of anilines is 1. The van der Waals surface area contributed by atoms with Gasteiger partial charge in [0.05, 0.1) is 10.6 Å². The predicted molar refractivity (Wildman–Crippen MR) is 135 cm³/mol. The number of likely N-dealkylation sites (N-methyl/N-ethyl adjacent to an activating group) is 1. The molecule has 4 rings (SSSR count). The quantitative estimate of drug-likeness (QED) is 0.394. The van der Waals surface area contributed by atoms with Gasteiger partial charge in [-0.25, -0.2) is 4.99 Å². The minimum atomic E-state index is -0.00632. The first kappa shape index (κ1) is 22.2. The number of thioether (sulfide) groups is 1. The number of rotatable bonds is 7. The van der Waals surface area contributed by atoms with Gasteiger partial charge < -0.3 is 9.64 Å². The van der Waals surface area contributed by atoms with Crippen LogP contribution in [0.4, 0.5) is 11.4 Å². The summed E-state index contributed by atoms with van der Waals surface area (Å²) >= 11 is 1.42. The molecule has 2 aliphatic heterocycles. The fraction of sp³-hybridized carbons (Fsp3) is 0.308. The first-order valence-corrected chi connectivity index (χ1v) is 12.0. The Hall–Kier alpha value is -2.99. The highest BCUT2D eigenvalue weighted by Gasteiger charge is 2.32. The number of carbonyl (C=O) groups excluding carboxylic acids is 1. The van der Waals surface area contributed by atoms with E-state index in [0.717, 1.165) is 35.3 Å². The smallest absolute Gasteiger partial charge is 0.266 e. The summed E-state index contributed by atoms with van der Waals surface area (Å²) in [6, 6.07) is 16.0. The van der Waals surface area contributed by atoms with E-state index in [-0.39, 0.29) is 5.91 Å². The standard InChI is InChI=1S/C26H29N3O2S/c1-3-18-31-23-14-8-20(9-15-23)19-24-25(30)29(4-2)26(32-24)27-21-10-12-22(13-11-21)28-16-6-5-7-17-28/h3,8-15,19H,1,4-7,16-18H2,2H3/b24-19-,27-26?. The maximum Gasteiger partial charge on any atom is 0.266 e. The molecule has 2 fully saturated rings. The summed E-state index contributed by atoms with van der Waals surface area (Å²) in [5.74, 6) is 0.774. The first-order valence-electron chi connectivity index (χ1n) is 11.2. The average Bonchev–Trinajstić information content (AvgIpc) is 3.13. The van der Waals surface area contributed by atoms with Crippen molar-refractivity contribution in [3.05, 3.63) is 71.7 Å². The molecule has 0 aliphatic carbocycles. The number of piperidine rings is 1. The number of amides is 1. The third-order valence-corrected chi connectivity index (χ3v) is 6.55. The van der Waals surface area contributed by atoms with Crippen molar-refractivity contribution in [3.8, 4) is 5.75 Å². The number of hydrogen-bond acceptors (Lipinski definition) is 5. The van der Waals surface area contributed by atoms with E-state index in [0.29, 0.717) is 18.1 Å². The van der Waals surface area contributed by atoms with Crippen molar-refractivity contribution >= 4 is 40.3 Å². The van der Waals surface area contributed by atoms with Crippen LogP contribution in [0.15, 0.2) is 71.1 Å². The van der Waals surface area contributed by atoms with Crippen molar-refractivity contribution in [1.82, 2.24) is 4.90 Å². The summed E-state index contributed by atoms with van der Waals surface area (Å²) in [6.07, 6.45) is 7.46. The van der Waals surface area contributed by atoms with Gasteiger partial charge in [-0.2, -0.15) is 0 Å². The molecule has 0 bridgehead atoms. The van der Waals surface area contributed by atoms with Gasteiger partial charge in [0.15, 0.2) is 5.17 Å². The van der Waals surface area contributed by atoms with E-state index in [2.05, 4.69) is 23.6 Å². The van der Waals surface area contributed by atoms with Gasteiger partial charge in [-0.05, 0) is 86.0 Å². The second-order valence-corrected chi connectivity index (χ2v) is 8.80. The van der Waals surface area contributed by atoms with Crippen molar-refractivity contribution < 1.29 is 9.53 Å². The molecule has 2 heterocycles. The van der Waals surface area contributed by atoms with Gasteiger partial charge in [0.25, 0.3) is 5.91 Å². The lowest BCUT2D eigenvalue weighted by Crippen LogP contribution is -2.29. The van der Waals surface area contributed by atoms with Crippen LogP contribution in [0, 0.1) is 0 Å². The number of nitrogens with zero attached hydrogens (tertiary/aromatic N) is 3. The number of amidine groups is 1. The van der Waals surface area contributed by atoms with Crippen LogP contribution in [0.1, 0.15) is 31.7 Å². The van der Waals surface area contributed by atoms with Crippen LogP contribution in [0.2, 0.25) is 0 Å². The molecule has 0 N–H and O–H groups in total. The molecule has 0 unspecified atom stereocenters. The molecule has 1 amide bonds. The summed E-state index contributed by atoms with van der Waals surface area (Å²) < 4.78 is 5.52. The highest BCUT2D eigenvalue weighted by molar-refractivity contribution is 8.18. The summed E-state index contributed by atoms with van der Waals surface area (Å²) in [6.45, 7) is 8.93. The van der Waals surface area contributed by atoms with Crippen LogP contribution in [-0.4, -0.2) is 42.2 Å². The molecule has 0 spiro atoms. The molecule has 166 valence electrons. The zero-order chi connectivity index (χ0) is 22.3. The molecule has 2 aromatic carbocycles. The van der Waals surface area contributed by atoms with Crippen LogP contribution in [0.3, 0.4) is 0 Å².